The number of allylic oxidation sites excluding steroid dienone is 3. The monoisotopic (exact) mass is 550 g/mol. The summed E-state index contributed by atoms with van der Waals surface area (Å²) in [6.45, 7) is 13.9. The average molecular weight is 551 g/mol. The first-order valence-electron chi connectivity index (χ1n) is 14.4. The van der Waals surface area contributed by atoms with E-state index < -0.39 is 17.9 Å². The predicted molar refractivity (Wildman–Crippen MR) is 160 cm³/mol. The molecule has 0 bridgehead atoms. The Morgan fingerprint density at radius 1 is 1.18 bits per heavy atom. The van der Waals surface area contributed by atoms with Crippen LogP contribution in [0.5, 0.6) is 5.75 Å². The Bertz CT molecular complexity index is 1210. The van der Waals surface area contributed by atoms with Crippen LogP contribution in [0.25, 0.3) is 5.57 Å². The second-order valence-electron chi connectivity index (χ2n) is 11.5. The van der Waals surface area contributed by atoms with Crippen molar-refractivity contribution in [3.63, 3.8) is 0 Å². The van der Waals surface area contributed by atoms with Crippen molar-refractivity contribution < 1.29 is 29.6 Å². The summed E-state index contributed by atoms with van der Waals surface area (Å²) in [7, 11) is 0. The molecule has 1 aromatic carbocycles. The Morgan fingerprint density at radius 2 is 1.90 bits per heavy atom. The van der Waals surface area contributed by atoms with E-state index in [0.29, 0.717) is 35.0 Å². The summed E-state index contributed by atoms with van der Waals surface area (Å²) < 4.78 is 13.0. The molecule has 3 rings (SSSR count). The Hall–Kier alpha value is -2.93. The summed E-state index contributed by atoms with van der Waals surface area (Å²) in [6.07, 6.45) is 17.8. The second kappa shape index (κ2) is 13.6. The summed E-state index contributed by atoms with van der Waals surface area (Å²) >= 11 is 0. The highest BCUT2D eigenvalue weighted by atomic mass is 16.7. The number of carbonyl (C=O) groups is 1. The molecule has 7 atom stereocenters. The van der Waals surface area contributed by atoms with Crippen molar-refractivity contribution in [3.8, 4) is 5.75 Å². The number of rotatable bonds is 10. The highest BCUT2D eigenvalue weighted by molar-refractivity contribution is 5.94. The van der Waals surface area contributed by atoms with Gasteiger partial charge in [-0.2, -0.15) is 0 Å². The van der Waals surface area contributed by atoms with Gasteiger partial charge in [-0.1, -0.05) is 70.6 Å². The minimum Gasteiger partial charge on any atom is -0.508 e. The maximum Gasteiger partial charge on any atom is 0.336 e. The fraction of sp³-hybridized carbons (Fsp3) is 0.500. The number of aryl methyl sites for hydroxylation is 1. The van der Waals surface area contributed by atoms with E-state index in [-0.39, 0.29) is 29.4 Å². The molecule has 0 radical (unpaired) electrons. The molecule has 0 fully saturated rings. The van der Waals surface area contributed by atoms with Crippen LogP contribution in [-0.4, -0.2) is 45.4 Å². The Balaban J connectivity index is 1.63. The SMILES string of the molecule is CC[C@H](C)[C@H]1O[C@@]2(C=CC[C@@H](C/C=C(\C)[C@@H](O)[C@@H](C)/C=C/C=C(/C)c3cc(O)c(C)cc3C(=O)O)O2)C=C[C@@H]1C. The lowest BCUT2D eigenvalue weighted by Crippen LogP contribution is -2.47. The Kier molecular flexibility index (Phi) is 10.8. The average Bonchev–Trinajstić information content (AvgIpc) is 2.93. The molecule has 3 N–H and O–H groups in total. The van der Waals surface area contributed by atoms with Crippen molar-refractivity contribution in [1.82, 2.24) is 0 Å². The number of carboxylic acids is 1. The zero-order chi connectivity index (χ0) is 29.6. The van der Waals surface area contributed by atoms with E-state index in [1.807, 2.05) is 44.2 Å². The molecular weight excluding hydrogens is 504 g/mol. The molecular formula is C34H46O6. The van der Waals surface area contributed by atoms with Gasteiger partial charge < -0.3 is 24.8 Å². The zero-order valence-corrected chi connectivity index (χ0v) is 24.9. The largest absolute Gasteiger partial charge is 0.508 e. The zero-order valence-electron chi connectivity index (χ0n) is 24.9. The molecule has 0 aromatic heterocycles. The molecule has 0 aliphatic carbocycles. The highest BCUT2D eigenvalue weighted by Gasteiger charge is 2.40. The van der Waals surface area contributed by atoms with E-state index in [1.54, 1.807) is 19.9 Å². The van der Waals surface area contributed by atoms with Crippen molar-refractivity contribution in [2.24, 2.45) is 17.8 Å². The summed E-state index contributed by atoms with van der Waals surface area (Å²) in [5.74, 6) is -1.20. The lowest BCUT2D eigenvalue weighted by Gasteiger charge is -2.43. The van der Waals surface area contributed by atoms with Gasteiger partial charge in [0, 0.05) is 11.8 Å². The van der Waals surface area contributed by atoms with E-state index in [4.69, 9.17) is 9.47 Å². The van der Waals surface area contributed by atoms with Gasteiger partial charge in [0.1, 0.15) is 5.75 Å². The van der Waals surface area contributed by atoms with Crippen molar-refractivity contribution in [1.29, 1.82) is 0 Å². The first-order chi connectivity index (χ1) is 18.9. The number of phenolic OH excluding ortho intramolecular Hbond substituents is 1. The van der Waals surface area contributed by atoms with E-state index >= 15 is 0 Å². The number of hydrogen-bond acceptors (Lipinski definition) is 5. The van der Waals surface area contributed by atoms with Crippen LogP contribution in [0.1, 0.15) is 82.3 Å². The molecule has 0 amide bonds. The minimum atomic E-state index is -1.04. The number of aliphatic hydroxyl groups is 1. The molecule has 2 aliphatic rings. The van der Waals surface area contributed by atoms with Gasteiger partial charge in [-0.25, -0.2) is 4.79 Å². The third-order valence-electron chi connectivity index (χ3n) is 8.19. The van der Waals surface area contributed by atoms with Gasteiger partial charge in [0.15, 0.2) is 0 Å². The molecule has 0 unspecified atom stereocenters. The number of benzene rings is 1. The normalized spacial score (nSPS) is 27.8. The molecule has 0 saturated heterocycles. The molecule has 0 saturated carbocycles. The van der Waals surface area contributed by atoms with Gasteiger partial charge in [-0.05, 0) is 86.1 Å². The molecule has 6 nitrogen and oxygen atoms in total. The van der Waals surface area contributed by atoms with Crippen LogP contribution in [-0.2, 0) is 9.47 Å². The number of aliphatic hydroxyl groups excluding tert-OH is 1. The van der Waals surface area contributed by atoms with Gasteiger partial charge in [-0.15, -0.1) is 0 Å². The molecule has 2 aliphatic heterocycles. The summed E-state index contributed by atoms with van der Waals surface area (Å²) in [4.78, 5) is 11.7. The molecule has 40 heavy (non-hydrogen) atoms. The minimum absolute atomic E-state index is 0.0476. The maximum absolute atomic E-state index is 11.7. The summed E-state index contributed by atoms with van der Waals surface area (Å²) in [6, 6.07) is 2.96. The van der Waals surface area contributed by atoms with E-state index in [2.05, 4.69) is 32.9 Å². The van der Waals surface area contributed by atoms with Crippen LogP contribution in [0.15, 0.2) is 66.3 Å². The van der Waals surface area contributed by atoms with Crippen LogP contribution in [0.2, 0.25) is 0 Å². The van der Waals surface area contributed by atoms with Crippen LogP contribution in [0.3, 0.4) is 0 Å². The third-order valence-corrected chi connectivity index (χ3v) is 8.19. The quantitative estimate of drug-likeness (QED) is 0.208. The molecule has 6 heteroatoms. The topological polar surface area (TPSA) is 96.2 Å². The number of hydrogen-bond donors (Lipinski definition) is 3. The lowest BCUT2D eigenvalue weighted by atomic mass is 9.88. The molecule has 218 valence electrons. The van der Waals surface area contributed by atoms with Crippen LogP contribution in [0, 0.1) is 24.7 Å². The van der Waals surface area contributed by atoms with Gasteiger partial charge in [0.05, 0.1) is 23.9 Å². The highest BCUT2D eigenvalue weighted by Crippen LogP contribution is 2.37. The summed E-state index contributed by atoms with van der Waals surface area (Å²) in [5.41, 5.74) is 2.70. The van der Waals surface area contributed by atoms with Gasteiger partial charge in [-0.3, -0.25) is 0 Å². The van der Waals surface area contributed by atoms with Crippen molar-refractivity contribution in [2.45, 2.75) is 91.8 Å². The number of aromatic carboxylic acids is 1. The lowest BCUT2D eigenvalue weighted by molar-refractivity contribution is -0.245. The first-order valence-corrected chi connectivity index (χ1v) is 14.4. The van der Waals surface area contributed by atoms with Gasteiger partial charge in [0.25, 0.3) is 0 Å². The van der Waals surface area contributed by atoms with Gasteiger partial charge in [0.2, 0.25) is 5.79 Å². The number of aromatic hydroxyl groups is 1. The standard InChI is InChI=1S/C34H46O6/c1-8-21(2)32-25(6)16-18-34(40-32)17-10-13-27(39-34)15-14-24(5)31(36)23(4)12-9-11-22(3)28-20-30(35)26(7)19-29(28)33(37)38/h9-12,14,16-21,23,25,27,31-32,35-36H,8,13,15H2,1-7H3,(H,37,38)/b12-9+,22-11-,24-14+/t21-,23-,25-,27-,31-,32+,34-/m0/s1. The summed E-state index contributed by atoms with van der Waals surface area (Å²) in [5, 5.41) is 30.6. The number of phenols is 1. The van der Waals surface area contributed by atoms with Crippen molar-refractivity contribution >= 4 is 11.5 Å². The Labute approximate surface area is 239 Å². The second-order valence-corrected chi connectivity index (χ2v) is 11.5. The molecule has 1 spiro atoms. The third kappa shape index (κ3) is 7.62. The van der Waals surface area contributed by atoms with E-state index in [1.165, 1.54) is 12.1 Å². The smallest absolute Gasteiger partial charge is 0.336 e. The van der Waals surface area contributed by atoms with Gasteiger partial charge >= 0.3 is 5.97 Å². The maximum atomic E-state index is 11.7. The van der Waals surface area contributed by atoms with Crippen LogP contribution in [0.4, 0.5) is 0 Å². The number of ether oxygens (including phenoxy) is 2. The van der Waals surface area contributed by atoms with E-state index in [9.17, 15) is 20.1 Å². The fourth-order valence-electron chi connectivity index (χ4n) is 5.28. The van der Waals surface area contributed by atoms with Crippen LogP contribution < -0.4 is 0 Å². The fourth-order valence-corrected chi connectivity index (χ4v) is 5.28. The predicted octanol–water partition coefficient (Wildman–Crippen LogP) is 7.37. The first kappa shape index (κ1) is 31.6. The van der Waals surface area contributed by atoms with Crippen LogP contribution >= 0.6 is 0 Å². The van der Waals surface area contributed by atoms with Crippen molar-refractivity contribution in [3.05, 3.63) is 83.0 Å². The van der Waals surface area contributed by atoms with E-state index in [0.717, 1.165) is 18.4 Å². The number of carboxylic acid groups (broad SMARTS) is 1. The molecule has 2 heterocycles. The molecule has 1 aromatic rings. The van der Waals surface area contributed by atoms with Crippen molar-refractivity contribution in [2.75, 3.05) is 0 Å². The Morgan fingerprint density at radius 3 is 2.58 bits per heavy atom.